The highest BCUT2D eigenvalue weighted by molar-refractivity contribution is 5.97. The molecule has 2 atom stereocenters. The minimum Gasteiger partial charge on any atom is -0.353 e. The van der Waals surface area contributed by atoms with Crippen molar-refractivity contribution in [3.8, 4) is 0 Å². The van der Waals surface area contributed by atoms with Gasteiger partial charge < -0.3 is 5.32 Å². The molecular weight excluding hydrogens is 269 g/mol. The molecule has 0 radical (unpaired) electrons. The van der Waals surface area contributed by atoms with Gasteiger partial charge in [-0.1, -0.05) is 19.8 Å². The minimum absolute atomic E-state index is 0.0655. The summed E-state index contributed by atoms with van der Waals surface area (Å²) < 4.78 is 12.8. The van der Waals surface area contributed by atoms with E-state index in [0.29, 0.717) is 11.5 Å². The van der Waals surface area contributed by atoms with Gasteiger partial charge in [0.1, 0.15) is 5.82 Å². The summed E-state index contributed by atoms with van der Waals surface area (Å²) in [6.45, 7) is 2.16. The smallest absolute Gasteiger partial charge is 0.220 e. The second-order valence-electron chi connectivity index (χ2n) is 5.87. The lowest BCUT2D eigenvalue weighted by Gasteiger charge is -2.29. The maximum atomic E-state index is 12.8. The van der Waals surface area contributed by atoms with Crippen LogP contribution in [-0.2, 0) is 4.79 Å². The van der Waals surface area contributed by atoms with E-state index in [-0.39, 0.29) is 36.4 Å². The van der Waals surface area contributed by atoms with Gasteiger partial charge in [-0.3, -0.25) is 9.59 Å². The number of benzene rings is 1. The Morgan fingerprint density at radius 3 is 2.48 bits per heavy atom. The van der Waals surface area contributed by atoms with Crippen LogP contribution < -0.4 is 5.32 Å². The van der Waals surface area contributed by atoms with E-state index in [0.717, 1.165) is 19.3 Å². The first-order chi connectivity index (χ1) is 10.1. The Kier molecular flexibility index (Phi) is 5.48. The number of carbonyl (C=O) groups is 2. The van der Waals surface area contributed by atoms with Gasteiger partial charge in [-0.15, -0.1) is 0 Å². The number of carbonyl (C=O) groups excluding carboxylic acids is 2. The Morgan fingerprint density at radius 2 is 1.81 bits per heavy atom. The maximum absolute atomic E-state index is 12.8. The van der Waals surface area contributed by atoms with Crippen molar-refractivity contribution < 1.29 is 14.0 Å². The fourth-order valence-electron chi connectivity index (χ4n) is 2.82. The molecule has 0 aliphatic heterocycles. The summed E-state index contributed by atoms with van der Waals surface area (Å²) in [5.74, 6) is -0.0443. The lowest BCUT2D eigenvalue weighted by Crippen LogP contribution is -2.41. The average molecular weight is 291 g/mol. The van der Waals surface area contributed by atoms with E-state index in [9.17, 15) is 14.0 Å². The third kappa shape index (κ3) is 4.66. The van der Waals surface area contributed by atoms with Crippen LogP contribution in [0.25, 0.3) is 0 Å². The number of nitrogens with one attached hydrogen (secondary N) is 1. The molecule has 0 heterocycles. The number of hydrogen-bond donors (Lipinski definition) is 1. The second kappa shape index (κ2) is 7.34. The van der Waals surface area contributed by atoms with Crippen molar-refractivity contribution in [1.82, 2.24) is 5.32 Å². The first-order valence-electron chi connectivity index (χ1n) is 7.64. The molecule has 1 aliphatic rings. The Morgan fingerprint density at radius 1 is 1.14 bits per heavy atom. The summed E-state index contributed by atoms with van der Waals surface area (Å²) in [6.07, 6.45) is 4.93. The van der Waals surface area contributed by atoms with E-state index in [1.807, 2.05) is 0 Å². The van der Waals surface area contributed by atoms with Gasteiger partial charge in [0, 0.05) is 24.4 Å². The summed E-state index contributed by atoms with van der Waals surface area (Å²) in [6, 6.07) is 5.68. The molecule has 0 spiro atoms. The van der Waals surface area contributed by atoms with Gasteiger partial charge in [-0.2, -0.15) is 0 Å². The zero-order valence-electron chi connectivity index (χ0n) is 12.4. The predicted molar refractivity (Wildman–Crippen MR) is 79.5 cm³/mol. The van der Waals surface area contributed by atoms with E-state index < -0.39 is 0 Å². The molecule has 3 nitrogen and oxygen atoms in total. The lowest BCUT2D eigenvalue weighted by atomic mass is 9.86. The third-order valence-corrected chi connectivity index (χ3v) is 4.20. The first-order valence-corrected chi connectivity index (χ1v) is 7.64. The van der Waals surface area contributed by atoms with Crippen molar-refractivity contribution in [1.29, 1.82) is 0 Å². The van der Waals surface area contributed by atoms with Crippen molar-refractivity contribution in [2.75, 3.05) is 0 Å². The van der Waals surface area contributed by atoms with Gasteiger partial charge in [0.2, 0.25) is 5.91 Å². The van der Waals surface area contributed by atoms with Crippen LogP contribution in [0.5, 0.6) is 0 Å². The van der Waals surface area contributed by atoms with Crippen LogP contribution >= 0.6 is 0 Å². The highest BCUT2D eigenvalue weighted by Crippen LogP contribution is 2.23. The normalized spacial score (nSPS) is 21.8. The second-order valence-corrected chi connectivity index (χ2v) is 5.87. The molecule has 1 N–H and O–H groups in total. The van der Waals surface area contributed by atoms with Crippen LogP contribution in [0.1, 0.15) is 55.8 Å². The van der Waals surface area contributed by atoms with E-state index in [1.54, 1.807) is 0 Å². The van der Waals surface area contributed by atoms with Crippen molar-refractivity contribution in [2.24, 2.45) is 5.92 Å². The summed E-state index contributed by atoms with van der Waals surface area (Å²) in [7, 11) is 0. The molecule has 0 bridgehead atoms. The summed E-state index contributed by atoms with van der Waals surface area (Å²) in [5.41, 5.74) is 0.454. The highest BCUT2D eigenvalue weighted by Gasteiger charge is 2.22. The molecule has 1 saturated carbocycles. The Hall–Kier alpha value is -1.71. The van der Waals surface area contributed by atoms with Crippen molar-refractivity contribution in [3.05, 3.63) is 35.6 Å². The minimum atomic E-state index is -0.365. The molecule has 114 valence electrons. The van der Waals surface area contributed by atoms with Gasteiger partial charge in [0.15, 0.2) is 5.78 Å². The fourth-order valence-corrected chi connectivity index (χ4v) is 2.82. The molecule has 1 aromatic carbocycles. The van der Waals surface area contributed by atoms with E-state index in [2.05, 4.69) is 12.2 Å². The molecular formula is C17H22FNO2. The van der Waals surface area contributed by atoms with Crippen LogP contribution in [0.2, 0.25) is 0 Å². The summed E-state index contributed by atoms with van der Waals surface area (Å²) in [5, 5.41) is 3.03. The van der Waals surface area contributed by atoms with E-state index in [4.69, 9.17) is 0 Å². The van der Waals surface area contributed by atoms with Crippen LogP contribution in [0.4, 0.5) is 4.39 Å². The Bertz CT molecular complexity index is 498. The van der Waals surface area contributed by atoms with E-state index >= 15 is 0 Å². The van der Waals surface area contributed by atoms with E-state index in [1.165, 1.54) is 30.7 Å². The summed E-state index contributed by atoms with van der Waals surface area (Å²) in [4.78, 5) is 23.8. The van der Waals surface area contributed by atoms with Crippen LogP contribution in [-0.4, -0.2) is 17.7 Å². The number of hydrogen-bond acceptors (Lipinski definition) is 2. The molecule has 1 aliphatic carbocycles. The number of Topliss-reactive ketones (excluding diaryl/α,β-unsaturated/α-hetero) is 1. The highest BCUT2D eigenvalue weighted by atomic mass is 19.1. The molecule has 1 aromatic rings. The molecule has 1 fully saturated rings. The van der Waals surface area contributed by atoms with Crippen LogP contribution in [0, 0.1) is 11.7 Å². The molecule has 1 amide bonds. The lowest BCUT2D eigenvalue weighted by molar-refractivity contribution is -0.122. The zero-order valence-corrected chi connectivity index (χ0v) is 12.4. The number of rotatable bonds is 5. The largest absolute Gasteiger partial charge is 0.353 e. The van der Waals surface area contributed by atoms with Gasteiger partial charge in [0.05, 0.1) is 0 Å². The van der Waals surface area contributed by atoms with Crippen molar-refractivity contribution in [2.45, 2.75) is 51.5 Å². The number of amides is 1. The average Bonchev–Trinajstić information content (AvgIpc) is 2.48. The standard InChI is InChI=1S/C17H22FNO2/c1-12-4-2-3-5-15(12)19-17(21)11-10-16(20)13-6-8-14(18)9-7-13/h6-9,12,15H,2-5,10-11H2,1H3,(H,19,21)/t12-,15+/m1/s1. The maximum Gasteiger partial charge on any atom is 0.220 e. The number of halogens is 1. The van der Waals surface area contributed by atoms with Gasteiger partial charge >= 0.3 is 0 Å². The molecule has 21 heavy (non-hydrogen) atoms. The summed E-state index contributed by atoms with van der Waals surface area (Å²) >= 11 is 0. The molecule has 4 heteroatoms. The van der Waals surface area contributed by atoms with Gasteiger partial charge in [0.25, 0.3) is 0 Å². The number of ketones is 1. The monoisotopic (exact) mass is 291 g/mol. The quantitative estimate of drug-likeness (QED) is 0.844. The van der Waals surface area contributed by atoms with Crippen molar-refractivity contribution in [3.63, 3.8) is 0 Å². The molecule has 2 rings (SSSR count). The van der Waals surface area contributed by atoms with Crippen molar-refractivity contribution >= 4 is 11.7 Å². The Balaban J connectivity index is 1.78. The third-order valence-electron chi connectivity index (χ3n) is 4.20. The molecule has 0 saturated heterocycles. The fraction of sp³-hybridized carbons (Fsp3) is 0.529. The molecule has 0 aromatic heterocycles. The van der Waals surface area contributed by atoms with Gasteiger partial charge in [-0.05, 0) is 43.0 Å². The van der Waals surface area contributed by atoms with Gasteiger partial charge in [-0.25, -0.2) is 4.39 Å². The predicted octanol–water partition coefficient (Wildman–Crippen LogP) is 3.48. The first kappa shape index (κ1) is 15.7. The Labute approximate surface area is 124 Å². The molecule has 0 unspecified atom stereocenters. The van der Waals surface area contributed by atoms with Crippen LogP contribution in [0.15, 0.2) is 24.3 Å². The topological polar surface area (TPSA) is 46.2 Å². The van der Waals surface area contributed by atoms with Crippen LogP contribution in [0.3, 0.4) is 0 Å². The zero-order chi connectivity index (χ0) is 15.2. The SMILES string of the molecule is C[C@@H]1CCCC[C@@H]1NC(=O)CCC(=O)c1ccc(F)cc1.